The Morgan fingerprint density at radius 1 is 0.941 bits per heavy atom. The van der Waals surface area contributed by atoms with E-state index in [2.05, 4.69) is 41.7 Å². The maximum Gasteiger partial charge on any atom is 0.315 e. The molecule has 13 heteroatoms. The predicted molar refractivity (Wildman–Crippen MR) is 192 cm³/mol. The van der Waals surface area contributed by atoms with Crippen molar-refractivity contribution in [1.82, 2.24) is 31.1 Å². The van der Waals surface area contributed by atoms with Gasteiger partial charge in [-0.2, -0.15) is 0 Å². The summed E-state index contributed by atoms with van der Waals surface area (Å²) in [6.45, 7) is 21.3. The van der Waals surface area contributed by atoms with Gasteiger partial charge in [0.25, 0.3) is 5.91 Å². The van der Waals surface area contributed by atoms with Gasteiger partial charge in [0.2, 0.25) is 29.4 Å². The molecule has 2 heterocycles. The first kappa shape index (κ1) is 40.0. The average Bonchev–Trinajstić information content (AvgIpc) is 3.43. The average molecular weight is 713 g/mol. The number of nitrogens with zero attached hydrogens (tertiary/aromatic N) is 2. The lowest BCUT2D eigenvalue weighted by molar-refractivity contribution is -0.153. The van der Waals surface area contributed by atoms with Crippen LogP contribution in [0.3, 0.4) is 0 Å². The Morgan fingerprint density at radius 2 is 1.55 bits per heavy atom. The van der Waals surface area contributed by atoms with Gasteiger partial charge < -0.3 is 26.2 Å². The molecular weight excluding hydrogens is 652 g/mol. The zero-order valence-corrected chi connectivity index (χ0v) is 32.0. The minimum atomic E-state index is -1.05. The highest BCUT2D eigenvalue weighted by molar-refractivity contribution is 6.38. The van der Waals surface area contributed by atoms with Gasteiger partial charge >= 0.3 is 6.03 Å². The van der Waals surface area contributed by atoms with Crippen molar-refractivity contribution in [3.05, 3.63) is 12.7 Å². The number of hydrogen-bond acceptors (Lipinski definition) is 7. The Balaban J connectivity index is 1.52. The molecule has 4 rings (SSSR count). The molecule has 1 unspecified atom stereocenters. The topological polar surface area (TPSA) is 174 Å². The molecule has 2 aliphatic carbocycles. The lowest BCUT2D eigenvalue weighted by atomic mass is 9.84. The molecule has 0 radical (unpaired) electrons. The quantitative estimate of drug-likeness (QED) is 0.122. The molecule has 2 bridgehead atoms. The standard InChI is InChI=1S/C38H60N6O7/c1-11-13-14-24(28(45)31(47)39-17-12-2)40-30(46)27-26-23(38(26,9)10)19-43(27)34(50)29(37(6,7)8)42-35(51)41-25(36(3,4)5)20-44-32(48)21-15-16-22(18-21)33(44)49/h12,21-27,29H,2,11,13-20H2,1,3-10H3,(H,39,47)(H,40,46)(H2,41,42,51)/t21-,22+,23-,24?,25-,26-,27-,29+/m0/s1. The van der Waals surface area contributed by atoms with Gasteiger partial charge in [-0.3, -0.25) is 33.7 Å². The van der Waals surface area contributed by atoms with E-state index in [9.17, 15) is 33.6 Å². The van der Waals surface area contributed by atoms with E-state index in [0.717, 1.165) is 6.42 Å². The van der Waals surface area contributed by atoms with E-state index in [0.29, 0.717) is 32.2 Å². The summed E-state index contributed by atoms with van der Waals surface area (Å²) in [5, 5.41) is 11.2. The van der Waals surface area contributed by atoms with Crippen LogP contribution in [-0.2, 0) is 28.8 Å². The second kappa shape index (κ2) is 15.1. The number of imide groups is 1. The molecule has 13 nitrogen and oxygen atoms in total. The summed E-state index contributed by atoms with van der Waals surface area (Å²) < 4.78 is 0. The number of piperidine rings is 2. The second-order valence-corrected chi connectivity index (χ2v) is 17.8. The second-order valence-electron chi connectivity index (χ2n) is 17.8. The van der Waals surface area contributed by atoms with Gasteiger partial charge in [0.1, 0.15) is 12.1 Å². The van der Waals surface area contributed by atoms with Crippen LogP contribution in [0.5, 0.6) is 0 Å². The van der Waals surface area contributed by atoms with Gasteiger partial charge in [0.15, 0.2) is 0 Å². The number of nitrogens with one attached hydrogen (secondary N) is 4. The third-order valence-corrected chi connectivity index (χ3v) is 11.6. The molecule has 4 aliphatic rings. The third kappa shape index (κ3) is 8.49. The highest BCUT2D eigenvalue weighted by Gasteiger charge is 2.70. The number of carbonyl (C=O) groups excluding carboxylic acids is 7. The molecule has 0 aromatic heterocycles. The Bertz CT molecular complexity index is 1410. The summed E-state index contributed by atoms with van der Waals surface area (Å²) in [5.74, 6) is -3.30. The van der Waals surface area contributed by atoms with Crippen LogP contribution in [0.15, 0.2) is 12.7 Å². The Morgan fingerprint density at radius 3 is 2.08 bits per heavy atom. The van der Waals surface area contributed by atoms with E-state index in [-0.39, 0.29) is 60.4 Å². The number of carbonyl (C=O) groups is 7. The van der Waals surface area contributed by atoms with Gasteiger partial charge in [-0.15, -0.1) is 6.58 Å². The predicted octanol–water partition coefficient (Wildman–Crippen LogP) is 2.93. The fraction of sp³-hybridized carbons (Fsp3) is 0.763. The monoisotopic (exact) mass is 712 g/mol. The highest BCUT2D eigenvalue weighted by atomic mass is 16.2. The van der Waals surface area contributed by atoms with E-state index in [4.69, 9.17) is 0 Å². The van der Waals surface area contributed by atoms with E-state index in [1.807, 2.05) is 48.5 Å². The number of unbranched alkanes of at least 4 members (excludes halogenated alkanes) is 1. The first-order chi connectivity index (χ1) is 23.6. The summed E-state index contributed by atoms with van der Waals surface area (Å²) in [7, 11) is 0. The van der Waals surface area contributed by atoms with Crippen molar-refractivity contribution in [3.8, 4) is 0 Å². The molecule has 51 heavy (non-hydrogen) atoms. The Kier molecular flexibility index (Phi) is 11.8. The number of fused-ring (bicyclic) bond motifs is 3. The lowest BCUT2D eigenvalue weighted by Crippen LogP contribution is -2.63. The van der Waals surface area contributed by atoms with E-state index < -0.39 is 64.5 Å². The van der Waals surface area contributed by atoms with Crippen molar-refractivity contribution in [3.63, 3.8) is 0 Å². The summed E-state index contributed by atoms with van der Waals surface area (Å²) in [6.07, 6.45) is 5.09. The molecule has 0 aromatic rings. The number of ketones is 1. The molecular formula is C38H60N6O7. The van der Waals surface area contributed by atoms with Gasteiger partial charge in [-0.25, -0.2) is 4.79 Å². The summed E-state index contributed by atoms with van der Waals surface area (Å²) in [5.41, 5.74) is -1.52. The largest absolute Gasteiger partial charge is 0.346 e. The van der Waals surface area contributed by atoms with Crippen molar-refractivity contribution >= 4 is 41.4 Å². The van der Waals surface area contributed by atoms with Crippen LogP contribution in [-0.4, -0.2) is 95.0 Å². The van der Waals surface area contributed by atoms with E-state index >= 15 is 0 Å². The molecule has 284 valence electrons. The lowest BCUT2D eigenvalue weighted by Gasteiger charge is -2.40. The zero-order chi connectivity index (χ0) is 38.2. The van der Waals surface area contributed by atoms with Crippen molar-refractivity contribution in [2.24, 2.45) is 39.9 Å². The number of rotatable bonds is 14. The zero-order valence-electron chi connectivity index (χ0n) is 32.0. The molecule has 2 saturated heterocycles. The first-order valence-electron chi connectivity index (χ1n) is 18.6. The molecule has 4 N–H and O–H groups in total. The maximum atomic E-state index is 14.5. The molecule has 7 amide bonds. The minimum Gasteiger partial charge on any atom is -0.346 e. The molecule has 2 saturated carbocycles. The minimum absolute atomic E-state index is 0.0338. The van der Waals surface area contributed by atoms with Crippen molar-refractivity contribution in [1.29, 1.82) is 0 Å². The maximum absolute atomic E-state index is 14.5. The Hall–Kier alpha value is -3.77. The Labute approximate surface area is 302 Å². The van der Waals surface area contributed by atoms with Crippen LogP contribution in [0.1, 0.15) is 101 Å². The number of urea groups is 1. The van der Waals surface area contributed by atoms with Crippen molar-refractivity contribution < 1.29 is 33.6 Å². The fourth-order valence-corrected chi connectivity index (χ4v) is 8.18. The van der Waals surface area contributed by atoms with Crippen molar-refractivity contribution in [2.75, 3.05) is 19.6 Å². The third-order valence-electron chi connectivity index (χ3n) is 11.6. The van der Waals surface area contributed by atoms with Crippen LogP contribution in [0.2, 0.25) is 0 Å². The van der Waals surface area contributed by atoms with Gasteiger partial charge in [0, 0.05) is 31.5 Å². The fourth-order valence-electron chi connectivity index (χ4n) is 8.18. The number of amides is 7. The van der Waals surface area contributed by atoms with Gasteiger partial charge in [-0.1, -0.05) is 81.2 Å². The molecule has 8 atom stereocenters. The van der Waals surface area contributed by atoms with Crippen LogP contribution in [0, 0.1) is 39.9 Å². The van der Waals surface area contributed by atoms with Crippen LogP contribution >= 0.6 is 0 Å². The highest BCUT2D eigenvalue weighted by Crippen LogP contribution is 2.65. The number of likely N-dealkylation sites (tertiary alicyclic amines) is 2. The molecule has 2 aliphatic heterocycles. The van der Waals surface area contributed by atoms with Crippen LogP contribution in [0.25, 0.3) is 0 Å². The van der Waals surface area contributed by atoms with Gasteiger partial charge in [-0.05, 0) is 53.8 Å². The molecule has 0 spiro atoms. The summed E-state index contributed by atoms with van der Waals surface area (Å²) in [4.78, 5) is 97.1. The molecule has 0 aromatic carbocycles. The smallest absolute Gasteiger partial charge is 0.315 e. The summed E-state index contributed by atoms with van der Waals surface area (Å²) >= 11 is 0. The van der Waals surface area contributed by atoms with E-state index in [1.54, 1.807) is 0 Å². The van der Waals surface area contributed by atoms with Crippen LogP contribution < -0.4 is 21.3 Å². The summed E-state index contributed by atoms with van der Waals surface area (Å²) in [6, 6.07) is -4.20. The molecule has 4 fully saturated rings. The first-order valence-corrected chi connectivity index (χ1v) is 18.6. The van der Waals surface area contributed by atoms with E-state index in [1.165, 1.54) is 15.9 Å². The van der Waals surface area contributed by atoms with Crippen molar-refractivity contribution in [2.45, 2.75) is 125 Å². The van der Waals surface area contributed by atoms with Gasteiger partial charge in [0.05, 0.1) is 12.1 Å². The van der Waals surface area contributed by atoms with Crippen LogP contribution in [0.4, 0.5) is 4.79 Å². The number of Topliss-reactive ketones (excluding diaryl/α,β-unsaturated/α-hetero) is 1. The normalized spacial score (nSPS) is 26.8. The SMILES string of the molecule is C=CCNC(=O)C(=O)C(CCCC)NC(=O)[C@@H]1[C@@H]2[C@H](CN1C(=O)[C@@H](NC(=O)N[C@@H](CN1C(=O)[C@@H]3CC[C@@H](C3)C1=O)C(C)(C)C)C(C)(C)C)C2(C)C. The number of hydrogen-bond donors (Lipinski definition) is 4.